The van der Waals surface area contributed by atoms with Crippen LogP contribution < -0.4 is 5.32 Å². The summed E-state index contributed by atoms with van der Waals surface area (Å²) in [5, 5.41) is 4.16. The minimum atomic E-state index is -0.177. The van der Waals surface area contributed by atoms with Gasteiger partial charge in [-0.25, -0.2) is 0 Å². The maximum atomic E-state index is 6.06. The van der Waals surface area contributed by atoms with Crippen LogP contribution in [0.1, 0.15) is 67.4 Å². The van der Waals surface area contributed by atoms with Crippen molar-refractivity contribution in [3.8, 4) is 0 Å². The molecule has 0 aromatic heterocycles. The number of benzene rings is 1. The predicted molar refractivity (Wildman–Crippen MR) is 115 cm³/mol. The fraction of sp³-hybridized carbons (Fsp3) is 0.545. The molecule has 142 valence electrons. The van der Waals surface area contributed by atoms with Crippen LogP contribution in [-0.4, -0.2) is 22.7 Å². The van der Waals surface area contributed by atoms with Crippen LogP contribution in [0.2, 0.25) is 5.02 Å². The van der Waals surface area contributed by atoms with E-state index in [2.05, 4.69) is 66.8 Å². The average Bonchev–Trinajstić information content (AvgIpc) is 2.76. The summed E-state index contributed by atoms with van der Waals surface area (Å²) >= 11 is 6.06. The molecule has 0 saturated carbocycles. The summed E-state index contributed by atoms with van der Waals surface area (Å²) in [5.74, 6) is 1.73. The van der Waals surface area contributed by atoms with Crippen molar-refractivity contribution in [1.29, 1.82) is 0 Å². The lowest BCUT2D eigenvalue weighted by molar-refractivity contribution is 0.288. The Kier molecular flexibility index (Phi) is 5.72. The Morgan fingerprint density at radius 3 is 1.96 bits per heavy atom. The number of rotatable bonds is 3. The van der Waals surface area contributed by atoms with Crippen LogP contribution in [-0.2, 0) is 0 Å². The van der Waals surface area contributed by atoms with E-state index in [-0.39, 0.29) is 16.5 Å². The summed E-state index contributed by atoms with van der Waals surface area (Å²) in [6.45, 7) is 17.4. The average molecular weight is 374 g/mol. The summed E-state index contributed by atoms with van der Waals surface area (Å²) in [6, 6.07) is 7.88. The quantitative estimate of drug-likeness (QED) is 0.678. The standard InChI is InChI=1S/C22H32ClN3/c1-20(2,3)14-22(7,8)26-19-17(15-9-11-16(23)12-10-15)13-18(24-19)25-21(4,5)6/h9-13H,14H2,1-8H3,(H,24,25,26). The van der Waals surface area contributed by atoms with E-state index in [0.717, 1.165) is 34.3 Å². The van der Waals surface area contributed by atoms with Crippen LogP contribution in [0.25, 0.3) is 5.57 Å². The molecular weight excluding hydrogens is 342 g/mol. The Morgan fingerprint density at radius 1 is 0.885 bits per heavy atom. The molecule has 2 rings (SSSR count). The Hall–Kier alpha value is -1.61. The highest BCUT2D eigenvalue weighted by molar-refractivity contribution is 6.37. The van der Waals surface area contributed by atoms with Gasteiger partial charge < -0.3 is 5.32 Å². The van der Waals surface area contributed by atoms with Crippen LogP contribution in [0, 0.1) is 5.41 Å². The molecule has 0 aliphatic carbocycles. The largest absolute Gasteiger partial charge is 0.325 e. The van der Waals surface area contributed by atoms with Gasteiger partial charge in [0.05, 0.1) is 11.1 Å². The third-order valence-electron chi connectivity index (χ3n) is 3.77. The van der Waals surface area contributed by atoms with E-state index in [1.807, 2.05) is 24.3 Å². The summed E-state index contributed by atoms with van der Waals surface area (Å²) in [7, 11) is 0. The van der Waals surface area contributed by atoms with Crippen LogP contribution in [0.3, 0.4) is 0 Å². The van der Waals surface area contributed by atoms with Gasteiger partial charge in [-0.2, -0.15) is 0 Å². The molecule has 1 heterocycles. The SMILES string of the molecule is CC(C)(C)CC(C)(C)N=C1NC(=NC(C)(C)C)C=C1c1ccc(Cl)cc1. The zero-order chi connectivity index (χ0) is 19.8. The molecule has 1 aliphatic heterocycles. The lowest BCUT2D eigenvalue weighted by Crippen LogP contribution is -2.32. The van der Waals surface area contributed by atoms with Crippen molar-refractivity contribution in [2.75, 3.05) is 0 Å². The molecular formula is C22H32ClN3. The van der Waals surface area contributed by atoms with Gasteiger partial charge in [-0.15, -0.1) is 0 Å². The predicted octanol–water partition coefficient (Wildman–Crippen LogP) is 6.14. The van der Waals surface area contributed by atoms with Crippen molar-refractivity contribution in [1.82, 2.24) is 5.32 Å². The zero-order valence-electron chi connectivity index (χ0n) is 17.4. The van der Waals surface area contributed by atoms with Crippen molar-refractivity contribution < 1.29 is 0 Å². The van der Waals surface area contributed by atoms with Crippen LogP contribution in [0.5, 0.6) is 0 Å². The number of aliphatic imine (C=N–C) groups is 2. The first-order valence-corrected chi connectivity index (χ1v) is 9.57. The third-order valence-corrected chi connectivity index (χ3v) is 4.02. The molecule has 1 aromatic carbocycles. The lowest BCUT2D eigenvalue weighted by Gasteiger charge is -2.29. The number of nitrogens with zero attached hydrogens (tertiary/aromatic N) is 2. The molecule has 4 heteroatoms. The van der Waals surface area contributed by atoms with Crippen molar-refractivity contribution in [3.05, 3.63) is 40.9 Å². The van der Waals surface area contributed by atoms with Crippen LogP contribution in [0.15, 0.2) is 40.3 Å². The molecule has 26 heavy (non-hydrogen) atoms. The van der Waals surface area contributed by atoms with Crippen LogP contribution >= 0.6 is 11.6 Å². The number of amidine groups is 2. The van der Waals surface area contributed by atoms with Crippen LogP contribution in [0.4, 0.5) is 0 Å². The molecule has 0 saturated heterocycles. The highest BCUT2D eigenvalue weighted by Crippen LogP contribution is 2.31. The first-order chi connectivity index (χ1) is 11.7. The van der Waals surface area contributed by atoms with E-state index in [0.29, 0.717) is 0 Å². The second-order valence-electron chi connectivity index (χ2n) is 9.87. The first-order valence-electron chi connectivity index (χ1n) is 9.19. The summed E-state index contributed by atoms with van der Waals surface area (Å²) in [5.41, 5.74) is 2.03. The fourth-order valence-corrected chi connectivity index (χ4v) is 3.56. The van der Waals surface area contributed by atoms with Gasteiger partial charge in [0.1, 0.15) is 11.7 Å². The fourth-order valence-electron chi connectivity index (χ4n) is 3.43. The molecule has 0 fully saturated rings. The molecule has 1 aliphatic rings. The zero-order valence-corrected chi connectivity index (χ0v) is 18.1. The molecule has 0 radical (unpaired) electrons. The van der Waals surface area contributed by atoms with Gasteiger partial charge in [-0.05, 0) is 70.2 Å². The molecule has 0 amide bonds. The summed E-state index contributed by atoms with van der Waals surface area (Å²) in [6.07, 6.45) is 3.07. The normalized spacial score (nSPS) is 19.0. The highest BCUT2D eigenvalue weighted by atomic mass is 35.5. The van der Waals surface area contributed by atoms with Gasteiger partial charge in [-0.3, -0.25) is 9.98 Å². The highest BCUT2D eigenvalue weighted by Gasteiger charge is 2.28. The maximum absolute atomic E-state index is 6.06. The minimum Gasteiger partial charge on any atom is -0.325 e. The molecule has 0 spiro atoms. The van der Waals surface area contributed by atoms with Crippen molar-refractivity contribution >= 4 is 28.8 Å². The Bertz CT molecular complexity index is 739. The van der Waals surface area contributed by atoms with E-state index in [1.54, 1.807) is 0 Å². The van der Waals surface area contributed by atoms with Gasteiger partial charge >= 0.3 is 0 Å². The molecule has 0 atom stereocenters. The Morgan fingerprint density at radius 2 is 1.46 bits per heavy atom. The van der Waals surface area contributed by atoms with E-state index in [4.69, 9.17) is 21.6 Å². The third kappa shape index (κ3) is 6.28. The number of hydrogen-bond donors (Lipinski definition) is 1. The second kappa shape index (κ2) is 7.19. The van der Waals surface area contributed by atoms with Gasteiger partial charge in [0.25, 0.3) is 0 Å². The Balaban J connectivity index is 2.46. The van der Waals surface area contributed by atoms with Crippen molar-refractivity contribution in [2.45, 2.75) is 72.9 Å². The summed E-state index contributed by atoms with van der Waals surface area (Å²) in [4.78, 5) is 9.86. The smallest absolute Gasteiger partial charge is 0.135 e. The number of nitrogens with one attached hydrogen (secondary N) is 1. The summed E-state index contributed by atoms with van der Waals surface area (Å²) < 4.78 is 0. The first kappa shape index (κ1) is 20.7. The van der Waals surface area contributed by atoms with Crippen molar-refractivity contribution in [3.63, 3.8) is 0 Å². The maximum Gasteiger partial charge on any atom is 0.135 e. The monoisotopic (exact) mass is 373 g/mol. The topological polar surface area (TPSA) is 36.8 Å². The van der Waals surface area contributed by atoms with E-state index in [1.165, 1.54) is 0 Å². The number of hydrogen-bond acceptors (Lipinski definition) is 2. The van der Waals surface area contributed by atoms with Gasteiger partial charge in [-0.1, -0.05) is 44.5 Å². The minimum absolute atomic E-state index is 0.152. The molecule has 0 unspecified atom stereocenters. The molecule has 0 bridgehead atoms. The lowest BCUT2D eigenvalue weighted by atomic mass is 9.82. The number of halogens is 1. The Labute approximate surface area is 163 Å². The van der Waals surface area contributed by atoms with Gasteiger partial charge in [0.2, 0.25) is 0 Å². The van der Waals surface area contributed by atoms with E-state index in [9.17, 15) is 0 Å². The van der Waals surface area contributed by atoms with E-state index < -0.39 is 0 Å². The second-order valence-corrected chi connectivity index (χ2v) is 10.3. The molecule has 3 nitrogen and oxygen atoms in total. The van der Waals surface area contributed by atoms with Crippen molar-refractivity contribution in [2.24, 2.45) is 15.4 Å². The van der Waals surface area contributed by atoms with Gasteiger partial charge in [0, 0.05) is 10.6 Å². The molecule has 1 N–H and O–H groups in total. The molecule has 1 aromatic rings. The van der Waals surface area contributed by atoms with E-state index >= 15 is 0 Å². The van der Waals surface area contributed by atoms with Gasteiger partial charge in [0.15, 0.2) is 0 Å².